The van der Waals surface area contributed by atoms with E-state index in [1.54, 1.807) is 18.8 Å². The van der Waals surface area contributed by atoms with E-state index in [9.17, 15) is 5.11 Å². The Labute approximate surface area is 168 Å². The standard InChI is InChI=1S/C17H22N4O2S.HI/c1-18-16(20-10-17(22)7-8-24-11-17)19-9-14-15(23-12-21-14)13-5-3-2-4-6-13;/h2-6,12,22H,7-11H2,1H3,(H2,18,19,20);1H. The van der Waals surface area contributed by atoms with Crippen LogP contribution in [0.3, 0.4) is 0 Å². The van der Waals surface area contributed by atoms with Crippen LogP contribution in [-0.2, 0) is 6.54 Å². The van der Waals surface area contributed by atoms with Crippen molar-refractivity contribution in [3.05, 3.63) is 42.4 Å². The van der Waals surface area contributed by atoms with E-state index in [2.05, 4.69) is 20.6 Å². The fourth-order valence-electron chi connectivity index (χ4n) is 2.59. The van der Waals surface area contributed by atoms with Gasteiger partial charge >= 0.3 is 0 Å². The molecule has 1 aliphatic rings. The van der Waals surface area contributed by atoms with Crippen LogP contribution >= 0.6 is 35.7 Å². The summed E-state index contributed by atoms with van der Waals surface area (Å²) in [7, 11) is 1.71. The fourth-order valence-corrected chi connectivity index (χ4v) is 3.89. The number of hydrogen-bond acceptors (Lipinski definition) is 5. The molecule has 0 saturated carbocycles. The summed E-state index contributed by atoms with van der Waals surface area (Å²) in [6, 6.07) is 9.88. The summed E-state index contributed by atoms with van der Waals surface area (Å²) >= 11 is 1.78. The van der Waals surface area contributed by atoms with Crippen LogP contribution in [0.1, 0.15) is 12.1 Å². The number of aromatic nitrogens is 1. The van der Waals surface area contributed by atoms with Crippen LogP contribution in [0, 0.1) is 0 Å². The number of thioether (sulfide) groups is 1. The lowest BCUT2D eigenvalue weighted by molar-refractivity contribution is 0.0724. The Hall–Kier alpha value is -1.26. The molecule has 2 heterocycles. The van der Waals surface area contributed by atoms with E-state index in [1.165, 1.54) is 6.39 Å². The average molecular weight is 474 g/mol. The van der Waals surface area contributed by atoms with E-state index in [1.807, 2.05) is 30.3 Å². The molecule has 1 saturated heterocycles. The third-order valence-electron chi connectivity index (χ3n) is 3.99. The van der Waals surface area contributed by atoms with Crippen LogP contribution in [0.5, 0.6) is 0 Å². The number of hydrogen-bond donors (Lipinski definition) is 3. The zero-order valence-corrected chi connectivity index (χ0v) is 17.2. The minimum absolute atomic E-state index is 0. The molecule has 1 atom stereocenters. The summed E-state index contributed by atoms with van der Waals surface area (Å²) in [4.78, 5) is 8.49. The smallest absolute Gasteiger partial charge is 0.191 e. The number of aliphatic hydroxyl groups is 1. The van der Waals surface area contributed by atoms with Gasteiger partial charge in [-0.25, -0.2) is 4.98 Å². The zero-order valence-electron chi connectivity index (χ0n) is 14.1. The number of halogens is 1. The third kappa shape index (κ3) is 5.35. The van der Waals surface area contributed by atoms with Crippen LogP contribution in [0.15, 0.2) is 46.1 Å². The molecule has 3 N–H and O–H groups in total. The Morgan fingerprint density at radius 1 is 1.36 bits per heavy atom. The Morgan fingerprint density at radius 2 is 2.16 bits per heavy atom. The first kappa shape index (κ1) is 20.1. The first-order chi connectivity index (χ1) is 11.7. The molecule has 2 aromatic rings. The van der Waals surface area contributed by atoms with E-state index < -0.39 is 5.60 Å². The van der Waals surface area contributed by atoms with Gasteiger partial charge in [-0.15, -0.1) is 24.0 Å². The average Bonchev–Trinajstić information content (AvgIpc) is 3.25. The number of guanidine groups is 1. The summed E-state index contributed by atoms with van der Waals surface area (Å²) in [5.41, 5.74) is 1.16. The van der Waals surface area contributed by atoms with Crippen molar-refractivity contribution in [2.75, 3.05) is 25.1 Å². The lowest BCUT2D eigenvalue weighted by atomic mass is 10.0. The number of oxazole rings is 1. The molecule has 8 heteroatoms. The second-order valence-electron chi connectivity index (χ2n) is 5.80. The second kappa shape index (κ2) is 9.44. The molecular weight excluding hydrogens is 451 g/mol. The van der Waals surface area contributed by atoms with Gasteiger partial charge in [-0.2, -0.15) is 11.8 Å². The van der Waals surface area contributed by atoms with Crippen molar-refractivity contribution >= 4 is 41.7 Å². The maximum Gasteiger partial charge on any atom is 0.191 e. The van der Waals surface area contributed by atoms with Gasteiger partial charge in [0, 0.05) is 24.9 Å². The second-order valence-corrected chi connectivity index (χ2v) is 6.91. The van der Waals surface area contributed by atoms with E-state index >= 15 is 0 Å². The lowest BCUT2D eigenvalue weighted by Gasteiger charge is -2.23. The largest absolute Gasteiger partial charge is 0.443 e. The lowest BCUT2D eigenvalue weighted by Crippen LogP contribution is -2.47. The first-order valence-corrected chi connectivity index (χ1v) is 9.08. The van der Waals surface area contributed by atoms with Crippen molar-refractivity contribution in [1.82, 2.24) is 15.6 Å². The van der Waals surface area contributed by atoms with Gasteiger partial charge < -0.3 is 20.2 Å². The van der Waals surface area contributed by atoms with Gasteiger partial charge in [-0.05, 0) is 12.2 Å². The van der Waals surface area contributed by atoms with Crippen molar-refractivity contribution in [3.63, 3.8) is 0 Å². The van der Waals surface area contributed by atoms with E-state index in [0.29, 0.717) is 19.0 Å². The molecule has 0 amide bonds. The molecule has 0 aliphatic carbocycles. The number of nitrogens with zero attached hydrogens (tertiary/aromatic N) is 2. The van der Waals surface area contributed by atoms with E-state index in [-0.39, 0.29) is 24.0 Å². The Bertz CT molecular complexity index is 687. The van der Waals surface area contributed by atoms with Crippen LogP contribution in [0.25, 0.3) is 11.3 Å². The predicted molar refractivity (Wildman–Crippen MR) is 112 cm³/mol. The van der Waals surface area contributed by atoms with Crippen LogP contribution < -0.4 is 10.6 Å². The Morgan fingerprint density at radius 3 is 2.84 bits per heavy atom. The monoisotopic (exact) mass is 474 g/mol. The van der Waals surface area contributed by atoms with Crippen molar-refractivity contribution < 1.29 is 9.52 Å². The molecule has 1 unspecified atom stereocenters. The van der Waals surface area contributed by atoms with Gasteiger partial charge in [0.25, 0.3) is 0 Å². The highest BCUT2D eigenvalue weighted by atomic mass is 127. The summed E-state index contributed by atoms with van der Waals surface area (Å²) in [6.07, 6.45) is 2.26. The minimum atomic E-state index is -0.647. The maximum atomic E-state index is 10.4. The van der Waals surface area contributed by atoms with Crippen LogP contribution in [0.4, 0.5) is 0 Å². The summed E-state index contributed by atoms with van der Waals surface area (Å²) in [6.45, 7) is 0.984. The normalized spacial score (nSPS) is 20.2. The highest BCUT2D eigenvalue weighted by Crippen LogP contribution is 2.27. The number of rotatable bonds is 5. The van der Waals surface area contributed by atoms with Crippen LogP contribution in [0.2, 0.25) is 0 Å². The Kier molecular flexibility index (Phi) is 7.57. The molecule has 6 nitrogen and oxygen atoms in total. The predicted octanol–water partition coefficient (Wildman–Crippen LogP) is 2.49. The summed E-state index contributed by atoms with van der Waals surface area (Å²) in [5.74, 6) is 3.16. The highest BCUT2D eigenvalue weighted by molar-refractivity contribution is 14.0. The third-order valence-corrected chi connectivity index (χ3v) is 5.23. The molecule has 25 heavy (non-hydrogen) atoms. The van der Waals surface area contributed by atoms with Crippen molar-refractivity contribution in [2.45, 2.75) is 18.6 Å². The van der Waals surface area contributed by atoms with Crippen molar-refractivity contribution in [1.29, 1.82) is 0 Å². The van der Waals surface area contributed by atoms with Crippen LogP contribution in [-0.4, -0.2) is 46.7 Å². The molecule has 1 aromatic carbocycles. The van der Waals surface area contributed by atoms with Gasteiger partial charge in [0.05, 0.1) is 12.1 Å². The molecule has 136 valence electrons. The van der Waals surface area contributed by atoms with Gasteiger partial charge in [0.1, 0.15) is 5.69 Å². The number of benzene rings is 1. The van der Waals surface area contributed by atoms with Gasteiger partial charge in [-0.1, -0.05) is 30.3 Å². The van der Waals surface area contributed by atoms with Gasteiger partial charge in [0.15, 0.2) is 18.1 Å². The van der Waals surface area contributed by atoms with Crippen molar-refractivity contribution in [3.8, 4) is 11.3 Å². The number of aliphatic imine (C=N–C) groups is 1. The molecule has 1 aliphatic heterocycles. The number of nitrogens with one attached hydrogen (secondary N) is 2. The molecule has 0 radical (unpaired) electrons. The molecule has 1 aromatic heterocycles. The molecule has 0 spiro atoms. The molecular formula is C17H23IN4O2S. The minimum Gasteiger partial charge on any atom is -0.443 e. The molecule has 3 rings (SSSR count). The van der Waals surface area contributed by atoms with Gasteiger partial charge in [0.2, 0.25) is 0 Å². The quantitative estimate of drug-likeness (QED) is 0.351. The zero-order chi connectivity index (χ0) is 16.8. The van der Waals surface area contributed by atoms with Crippen molar-refractivity contribution in [2.24, 2.45) is 4.99 Å². The highest BCUT2D eigenvalue weighted by Gasteiger charge is 2.31. The first-order valence-electron chi connectivity index (χ1n) is 7.93. The van der Waals surface area contributed by atoms with E-state index in [4.69, 9.17) is 4.42 Å². The maximum absolute atomic E-state index is 10.4. The summed E-state index contributed by atoms with van der Waals surface area (Å²) in [5, 5.41) is 16.8. The van der Waals surface area contributed by atoms with E-state index in [0.717, 1.165) is 34.9 Å². The fraction of sp³-hybridized carbons (Fsp3) is 0.412. The molecule has 1 fully saturated rings. The SMILES string of the molecule is CN=C(NCc1ncoc1-c1ccccc1)NCC1(O)CCSC1.I. The Balaban J connectivity index is 0.00000225. The summed E-state index contributed by atoms with van der Waals surface area (Å²) < 4.78 is 5.52. The van der Waals surface area contributed by atoms with Gasteiger partial charge in [-0.3, -0.25) is 4.99 Å². The topological polar surface area (TPSA) is 82.7 Å². The molecule has 0 bridgehead atoms.